The average molecular weight is 310 g/mol. The lowest BCUT2D eigenvalue weighted by molar-refractivity contribution is -0.162. The lowest BCUT2D eigenvalue weighted by atomic mass is 9.76. The molecule has 0 aromatic heterocycles. The lowest BCUT2D eigenvalue weighted by Gasteiger charge is -2.43. The Morgan fingerprint density at radius 2 is 1.95 bits per heavy atom. The van der Waals surface area contributed by atoms with Crippen molar-refractivity contribution in [2.45, 2.75) is 43.3 Å². The fourth-order valence-corrected chi connectivity index (χ4v) is 2.69. The minimum atomic E-state index is -4.50. The van der Waals surface area contributed by atoms with E-state index in [1.165, 1.54) is 36.2 Å². The summed E-state index contributed by atoms with van der Waals surface area (Å²) in [5, 5.41) is 9.20. The van der Waals surface area contributed by atoms with Crippen LogP contribution in [-0.2, 0) is 4.79 Å². The summed E-state index contributed by atoms with van der Waals surface area (Å²) >= 11 is 0. The average Bonchev–Trinajstić information content (AvgIpc) is 2.43. The smallest absolute Gasteiger partial charge is 0.327 e. The quantitative estimate of drug-likeness (QED) is 0.852. The van der Waals surface area contributed by atoms with Crippen molar-refractivity contribution < 1.29 is 18.0 Å². The molecule has 22 heavy (non-hydrogen) atoms. The van der Waals surface area contributed by atoms with Crippen LogP contribution < -0.4 is 0 Å². The normalized spacial score (nSPS) is 18.0. The van der Waals surface area contributed by atoms with Gasteiger partial charge in [0.05, 0.1) is 12.0 Å². The van der Waals surface area contributed by atoms with Gasteiger partial charge < -0.3 is 4.90 Å². The molecule has 0 N–H and O–H groups in total. The van der Waals surface area contributed by atoms with Crippen molar-refractivity contribution in [3.8, 4) is 6.07 Å². The van der Waals surface area contributed by atoms with Crippen LogP contribution in [0.1, 0.15) is 37.2 Å². The van der Waals surface area contributed by atoms with E-state index in [1.807, 2.05) is 0 Å². The highest BCUT2D eigenvalue weighted by atomic mass is 19.4. The predicted octanol–water partition coefficient (Wildman–Crippen LogP) is 3.63. The number of nitrogens with zero attached hydrogens (tertiary/aromatic N) is 2. The number of alkyl halides is 3. The van der Waals surface area contributed by atoms with Gasteiger partial charge in [0.1, 0.15) is 5.54 Å². The highest BCUT2D eigenvalue weighted by Crippen LogP contribution is 2.40. The molecule has 0 saturated heterocycles. The van der Waals surface area contributed by atoms with Crippen molar-refractivity contribution in [1.29, 1.82) is 5.26 Å². The number of carbonyl (C=O) groups is 1. The molecule has 2 rings (SSSR count). The van der Waals surface area contributed by atoms with Gasteiger partial charge in [-0.3, -0.25) is 4.79 Å². The van der Waals surface area contributed by atoms with Crippen LogP contribution in [0.2, 0.25) is 0 Å². The van der Waals surface area contributed by atoms with Crippen LogP contribution in [0.4, 0.5) is 13.2 Å². The van der Waals surface area contributed by atoms with Crippen LogP contribution in [0.25, 0.3) is 0 Å². The molecule has 6 heteroatoms. The third-order valence-corrected chi connectivity index (χ3v) is 4.38. The first-order valence-electron chi connectivity index (χ1n) is 7.10. The molecule has 1 aliphatic rings. The van der Waals surface area contributed by atoms with E-state index in [4.69, 9.17) is 0 Å². The molecular formula is C16H17F3N2O. The fraction of sp³-hybridized carbons (Fsp3) is 0.500. The maximum atomic E-state index is 13.3. The summed E-state index contributed by atoms with van der Waals surface area (Å²) in [5.74, 6) is -2.49. The molecule has 1 saturated carbocycles. The van der Waals surface area contributed by atoms with Crippen LogP contribution in [0.3, 0.4) is 0 Å². The van der Waals surface area contributed by atoms with E-state index in [0.29, 0.717) is 12.8 Å². The molecule has 1 atom stereocenters. The maximum Gasteiger partial charge on any atom is 0.396 e. The Morgan fingerprint density at radius 3 is 2.36 bits per heavy atom. The second-order valence-corrected chi connectivity index (χ2v) is 5.66. The van der Waals surface area contributed by atoms with Gasteiger partial charge in [-0.1, -0.05) is 30.3 Å². The summed E-state index contributed by atoms with van der Waals surface area (Å²) in [4.78, 5) is 13.4. The number of carbonyl (C=O) groups excluding carboxylic acids is 1. The first-order valence-corrected chi connectivity index (χ1v) is 7.10. The van der Waals surface area contributed by atoms with E-state index < -0.39 is 30.0 Å². The molecule has 0 aliphatic heterocycles. The minimum absolute atomic E-state index is 0.0661. The zero-order chi connectivity index (χ0) is 16.4. The van der Waals surface area contributed by atoms with Crippen molar-refractivity contribution in [2.75, 3.05) is 7.05 Å². The minimum Gasteiger partial charge on any atom is -0.327 e. The van der Waals surface area contributed by atoms with Crippen molar-refractivity contribution >= 4 is 5.91 Å². The molecule has 3 nitrogen and oxygen atoms in total. The van der Waals surface area contributed by atoms with E-state index in [0.717, 1.165) is 6.42 Å². The number of halogens is 3. The molecule has 1 aromatic rings. The van der Waals surface area contributed by atoms with Crippen LogP contribution in [0.5, 0.6) is 0 Å². The Labute approximate surface area is 127 Å². The molecule has 1 unspecified atom stereocenters. The Balaban J connectivity index is 2.18. The van der Waals surface area contributed by atoms with Crippen molar-refractivity contribution in [1.82, 2.24) is 4.90 Å². The van der Waals surface area contributed by atoms with Crippen LogP contribution in [0.15, 0.2) is 30.3 Å². The van der Waals surface area contributed by atoms with E-state index in [2.05, 4.69) is 6.07 Å². The van der Waals surface area contributed by atoms with Gasteiger partial charge in [-0.15, -0.1) is 0 Å². The van der Waals surface area contributed by atoms with Gasteiger partial charge >= 0.3 is 6.18 Å². The maximum absolute atomic E-state index is 13.3. The van der Waals surface area contributed by atoms with Crippen LogP contribution in [-0.4, -0.2) is 29.6 Å². The second kappa shape index (κ2) is 5.99. The summed E-state index contributed by atoms with van der Waals surface area (Å²) in [6.45, 7) is 0. The fourth-order valence-electron chi connectivity index (χ4n) is 2.69. The molecule has 0 bridgehead atoms. The van der Waals surface area contributed by atoms with Gasteiger partial charge in [-0.2, -0.15) is 18.4 Å². The van der Waals surface area contributed by atoms with Gasteiger partial charge in [0.25, 0.3) is 0 Å². The van der Waals surface area contributed by atoms with Crippen LogP contribution >= 0.6 is 0 Å². The Kier molecular flexibility index (Phi) is 4.45. The number of rotatable bonds is 4. The third kappa shape index (κ3) is 3.08. The summed E-state index contributed by atoms with van der Waals surface area (Å²) < 4.78 is 39.8. The second-order valence-electron chi connectivity index (χ2n) is 5.66. The molecule has 1 aromatic carbocycles. The molecule has 1 amide bonds. The van der Waals surface area contributed by atoms with Crippen molar-refractivity contribution in [2.24, 2.45) is 0 Å². The molecule has 118 valence electrons. The van der Waals surface area contributed by atoms with Gasteiger partial charge in [0, 0.05) is 13.5 Å². The first kappa shape index (κ1) is 16.3. The zero-order valence-corrected chi connectivity index (χ0v) is 12.2. The van der Waals surface area contributed by atoms with Crippen molar-refractivity contribution in [3.63, 3.8) is 0 Å². The zero-order valence-electron chi connectivity index (χ0n) is 12.2. The molecule has 0 radical (unpaired) electrons. The summed E-state index contributed by atoms with van der Waals surface area (Å²) in [6.07, 6.45) is -3.32. The molecular weight excluding hydrogens is 293 g/mol. The molecule has 1 aliphatic carbocycles. The number of nitriles is 1. The van der Waals surface area contributed by atoms with E-state index in [-0.39, 0.29) is 5.56 Å². The Hall–Kier alpha value is -2.03. The van der Waals surface area contributed by atoms with Crippen molar-refractivity contribution in [3.05, 3.63) is 35.9 Å². The van der Waals surface area contributed by atoms with Gasteiger partial charge in [-0.05, 0) is 24.8 Å². The molecule has 0 spiro atoms. The lowest BCUT2D eigenvalue weighted by Crippen LogP contribution is -2.53. The number of benzene rings is 1. The molecule has 1 fully saturated rings. The highest BCUT2D eigenvalue weighted by Gasteiger charge is 2.47. The summed E-state index contributed by atoms with van der Waals surface area (Å²) in [5.41, 5.74) is -0.861. The standard InChI is InChI=1S/C16H17F3N2O/c1-21(15(11-20)8-5-9-15)14(22)10-13(16(17,18)19)12-6-3-2-4-7-12/h2-4,6-7,13H,5,8-10H2,1H3. The Bertz CT molecular complexity index is 573. The number of hydrogen-bond donors (Lipinski definition) is 0. The summed E-state index contributed by atoms with van der Waals surface area (Å²) in [6, 6.07) is 9.48. The predicted molar refractivity (Wildman–Crippen MR) is 74.8 cm³/mol. The topological polar surface area (TPSA) is 44.1 Å². The monoisotopic (exact) mass is 310 g/mol. The SMILES string of the molecule is CN(C(=O)CC(c1ccccc1)C(F)(F)F)C1(C#N)CCC1. The van der Waals surface area contributed by atoms with Gasteiger partial charge in [-0.25, -0.2) is 0 Å². The number of hydrogen-bond acceptors (Lipinski definition) is 2. The molecule has 0 heterocycles. The highest BCUT2D eigenvalue weighted by molar-refractivity contribution is 5.78. The largest absolute Gasteiger partial charge is 0.396 e. The van der Waals surface area contributed by atoms with Crippen LogP contribution in [0, 0.1) is 11.3 Å². The van der Waals surface area contributed by atoms with E-state index in [1.54, 1.807) is 6.07 Å². The van der Waals surface area contributed by atoms with Gasteiger partial charge in [0.2, 0.25) is 5.91 Å². The first-order chi connectivity index (χ1) is 10.3. The van der Waals surface area contributed by atoms with E-state index in [9.17, 15) is 23.2 Å². The summed E-state index contributed by atoms with van der Waals surface area (Å²) in [7, 11) is 1.42. The number of amides is 1. The van der Waals surface area contributed by atoms with Gasteiger partial charge in [0.15, 0.2) is 0 Å². The third-order valence-electron chi connectivity index (χ3n) is 4.38. The van der Waals surface area contributed by atoms with E-state index >= 15 is 0 Å². The Morgan fingerprint density at radius 1 is 1.36 bits per heavy atom.